The Kier molecular flexibility index (Phi) is 5.56. The van der Waals surface area contributed by atoms with Gasteiger partial charge in [-0.3, -0.25) is 0 Å². The van der Waals surface area contributed by atoms with Crippen molar-refractivity contribution in [2.24, 2.45) is 0 Å². The summed E-state index contributed by atoms with van der Waals surface area (Å²) in [6, 6.07) is 41.6. The molecule has 6 aromatic rings. The third-order valence-electron chi connectivity index (χ3n) is 6.99. The van der Waals surface area contributed by atoms with Crippen molar-refractivity contribution in [3.8, 4) is 22.3 Å². The molecule has 0 fully saturated rings. The Morgan fingerprint density at radius 1 is 0.528 bits per heavy atom. The lowest BCUT2D eigenvalue weighted by atomic mass is 9.84. The number of hydrogen-bond donors (Lipinski definition) is 0. The molecular weight excluding hydrogens is 432 g/mol. The summed E-state index contributed by atoms with van der Waals surface area (Å²) in [5.41, 5.74) is 7.21. The van der Waals surface area contributed by atoms with Crippen LogP contribution < -0.4 is 0 Å². The second kappa shape index (κ2) is 9.17. The third-order valence-corrected chi connectivity index (χ3v) is 6.99. The van der Waals surface area contributed by atoms with Crippen molar-refractivity contribution in [1.82, 2.24) is 0 Å². The minimum absolute atomic E-state index is 1.06. The molecule has 0 heterocycles. The summed E-state index contributed by atoms with van der Waals surface area (Å²) in [5.74, 6) is 0. The average molecular weight is 459 g/mol. The van der Waals surface area contributed by atoms with Crippen molar-refractivity contribution in [2.45, 2.75) is 0 Å². The highest BCUT2D eigenvalue weighted by Gasteiger charge is 2.17. The largest absolute Gasteiger partial charge is 0.0990 e. The van der Waals surface area contributed by atoms with Gasteiger partial charge in [-0.15, -0.1) is 0 Å². The van der Waals surface area contributed by atoms with Gasteiger partial charge in [0.2, 0.25) is 0 Å². The van der Waals surface area contributed by atoms with Gasteiger partial charge in [0, 0.05) is 0 Å². The standard InChI is InChI=1S/C36H26/c1-3-13-25(4-2)27-16-11-17-28(24-27)35-31-19-7-9-21-33(31)36(34-22-10-8-20-32(34)35)30-23-12-15-26-14-5-6-18-29(26)30/h3-24H,1-2H2/b25-13+. The highest BCUT2D eigenvalue weighted by molar-refractivity contribution is 6.23. The fraction of sp³-hybridized carbons (Fsp3) is 0. The number of fused-ring (bicyclic) bond motifs is 3. The first-order valence-electron chi connectivity index (χ1n) is 12.3. The zero-order valence-electron chi connectivity index (χ0n) is 20.1. The average Bonchev–Trinajstić information content (AvgIpc) is 2.94. The normalized spacial score (nSPS) is 11.7. The van der Waals surface area contributed by atoms with Gasteiger partial charge in [-0.2, -0.15) is 0 Å². The molecule has 0 bridgehead atoms. The Hall–Kier alpha value is -4.68. The number of rotatable bonds is 5. The van der Waals surface area contributed by atoms with Crippen molar-refractivity contribution in [2.75, 3.05) is 0 Å². The summed E-state index contributed by atoms with van der Waals surface area (Å²) < 4.78 is 0. The molecule has 0 aromatic heterocycles. The van der Waals surface area contributed by atoms with Crippen LogP contribution in [0.3, 0.4) is 0 Å². The molecule has 0 heteroatoms. The SMILES string of the molecule is C=C/C=C(\C=C)c1cccc(-c2c3ccccc3c(-c3cccc4ccccc34)c3ccccc23)c1. The minimum atomic E-state index is 1.06. The molecule has 0 saturated carbocycles. The van der Waals surface area contributed by atoms with Crippen LogP contribution in [-0.4, -0.2) is 0 Å². The van der Waals surface area contributed by atoms with E-state index in [1.807, 2.05) is 18.2 Å². The van der Waals surface area contributed by atoms with E-state index in [4.69, 9.17) is 0 Å². The summed E-state index contributed by atoms with van der Waals surface area (Å²) in [4.78, 5) is 0. The molecule has 0 saturated heterocycles. The van der Waals surface area contributed by atoms with Gasteiger partial charge in [0.15, 0.2) is 0 Å². The van der Waals surface area contributed by atoms with E-state index in [1.54, 1.807) is 0 Å². The molecule has 6 aromatic carbocycles. The minimum Gasteiger partial charge on any atom is -0.0990 e. The van der Waals surface area contributed by atoms with Crippen molar-refractivity contribution in [3.63, 3.8) is 0 Å². The second-order valence-corrected chi connectivity index (χ2v) is 9.01. The van der Waals surface area contributed by atoms with Crippen LogP contribution in [-0.2, 0) is 0 Å². The highest BCUT2D eigenvalue weighted by atomic mass is 14.2. The molecule has 170 valence electrons. The quantitative estimate of drug-likeness (QED) is 0.178. The molecule has 0 unspecified atom stereocenters. The van der Waals surface area contributed by atoms with Gasteiger partial charge in [-0.05, 0) is 71.8 Å². The maximum absolute atomic E-state index is 4.01. The molecule has 0 amide bonds. The number of benzene rings is 6. The lowest BCUT2D eigenvalue weighted by Crippen LogP contribution is -1.92. The van der Waals surface area contributed by atoms with E-state index in [0.29, 0.717) is 0 Å². The van der Waals surface area contributed by atoms with Crippen LogP contribution in [0.15, 0.2) is 147 Å². The van der Waals surface area contributed by atoms with Gasteiger partial charge in [-0.1, -0.05) is 141 Å². The molecule has 0 nitrogen and oxygen atoms in total. The predicted molar refractivity (Wildman–Crippen MR) is 158 cm³/mol. The lowest BCUT2D eigenvalue weighted by Gasteiger charge is -2.19. The maximum Gasteiger partial charge on any atom is -0.00201 e. The summed E-state index contributed by atoms with van der Waals surface area (Å²) >= 11 is 0. The van der Waals surface area contributed by atoms with E-state index in [-0.39, 0.29) is 0 Å². The van der Waals surface area contributed by atoms with E-state index in [2.05, 4.69) is 128 Å². The topological polar surface area (TPSA) is 0 Å². The maximum atomic E-state index is 4.01. The predicted octanol–water partition coefficient (Wildman–Crippen LogP) is 10.2. The Morgan fingerprint density at radius 2 is 1.08 bits per heavy atom. The van der Waals surface area contributed by atoms with Crippen LogP contribution in [0.1, 0.15) is 5.56 Å². The second-order valence-electron chi connectivity index (χ2n) is 9.01. The monoisotopic (exact) mass is 458 g/mol. The zero-order valence-corrected chi connectivity index (χ0v) is 20.1. The highest BCUT2D eigenvalue weighted by Crippen LogP contribution is 2.45. The molecule has 36 heavy (non-hydrogen) atoms. The molecule has 0 atom stereocenters. The molecule has 6 rings (SSSR count). The van der Waals surface area contributed by atoms with Crippen LogP contribution in [0.5, 0.6) is 0 Å². The van der Waals surface area contributed by atoms with Gasteiger partial charge in [0.05, 0.1) is 0 Å². The first kappa shape index (κ1) is 21.8. The van der Waals surface area contributed by atoms with Gasteiger partial charge >= 0.3 is 0 Å². The van der Waals surface area contributed by atoms with Crippen molar-refractivity contribution < 1.29 is 0 Å². The molecule has 0 N–H and O–H groups in total. The Balaban J connectivity index is 1.74. The van der Waals surface area contributed by atoms with Crippen molar-refractivity contribution >= 4 is 37.9 Å². The first-order chi connectivity index (χ1) is 17.8. The van der Waals surface area contributed by atoms with Gasteiger partial charge in [-0.25, -0.2) is 0 Å². The van der Waals surface area contributed by atoms with Crippen LogP contribution in [0.4, 0.5) is 0 Å². The Labute approximate surface area is 212 Å². The van der Waals surface area contributed by atoms with E-state index in [0.717, 1.165) is 11.1 Å². The van der Waals surface area contributed by atoms with Crippen LogP contribution in [0.2, 0.25) is 0 Å². The molecule has 0 aliphatic rings. The number of hydrogen-bond acceptors (Lipinski definition) is 0. The van der Waals surface area contributed by atoms with Gasteiger partial charge < -0.3 is 0 Å². The first-order valence-corrected chi connectivity index (χ1v) is 12.3. The molecule has 0 spiro atoms. The van der Waals surface area contributed by atoms with E-state index >= 15 is 0 Å². The van der Waals surface area contributed by atoms with Crippen LogP contribution >= 0.6 is 0 Å². The van der Waals surface area contributed by atoms with Gasteiger partial charge in [0.25, 0.3) is 0 Å². The fourth-order valence-electron chi connectivity index (χ4n) is 5.44. The number of allylic oxidation sites excluding steroid dienone is 4. The van der Waals surface area contributed by atoms with Crippen LogP contribution in [0, 0.1) is 0 Å². The summed E-state index contributed by atoms with van der Waals surface area (Å²) in [6.45, 7) is 7.88. The Morgan fingerprint density at radius 3 is 1.72 bits per heavy atom. The van der Waals surface area contributed by atoms with Crippen LogP contribution in [0.25, 0.3) is 60.1 Å². The van der Waals surface area contributed by atoms with Gasteiger partial charge in [0.1, 0.15) is 0 Å². The zero-order chi connectivity index (χ0) is 24.5. The third kappa shape index (κ3) is 3.56. The van der Waals surface area contributed by atoms with E-state index in [1.165, 1.54) is 54.6 Å². The van der Waals surface area contributed by atoms with E-state index < -0.39 is 0 Å². The molecule has 0 aliphatic carbocycles. The smallest absolute Gasteiger partial charge is 0.00201 e. The molecule has 0 radical (unpaired) electrons. The van der Waals surface area contributed by atoms with E-state index in [9.17, 15) is 0 Å². The fourth-order valence-corrected chi connectivity index (χ4v) is 5.44. The lowest BCUT2D eigenvalue weighted by molar-refractivity contribution is 1.61. The summed E-state index contributed by atoms with van der Waals surface area (Å²) in [6.07, 6.45) is 5.71. The Bertz CT molecular complexity index is 1750. The summed E-state index contributed by atoms with van der Waals surface area (Å²) in [7, 11) is 0. The van der Waals surface area contributed by atoms with Crippen molar-refractivity contribution in [3.05, 3.63) is 152 Å². The summed E-state index contributed by atoms with van der Waals surface area (Å²) in [5, 5.41) is 7.56. The molecular formula is C36H26. The van der Waals surface area contributed by atoms with Crippen molar-refractivity contribution in [1.29, 1.82) is 0 Å². The molecule has 0 aliphatic heterocycles.